The zero-order chi connectivity index (χ0) is 13.2. The number of nitrogens with zero attached hydrogens (tertiary/aromatic N) is 2. The van der Waals surface area contributed by atoms with Gasteiger partial charge in [-0.15, -0.1) is 0 Å². The molecule has 2 heterocycles. The second kappa shape index (κ2) is 5.38. The van der Waals surface area contributed by atoms with Gasteiger partial charge in [-0.05, 0) is 25.7 Å². The molecule has 1 aromatic heterocycles. The summed E-state index contributed by atoms with van der Waals surface area (Å²) in [6.45, 7) is 2.83. The highest BCUT2D eigenvalue weighted by atomic mass is 32.2. The van der Waals surface area contributed by atoms with Crippen LogP contribution < -0.4 is 11.3 Å². The van der Waals surface area contributed by atoms with Crippen LogP contribution in [0.2, 0.25) is 0 Å². The van der Waals surface area contributed by atoms with E-state index in [1.165, 1.54) is 0 Å². The van der Waals surface area contributed by atoms with E-state index in [1.54, 1.807) is 6.20 Å². The molecule has 0 spiro atoms. The number of nitrogens with one attached hydrogen (secondary N) is 1. The zero-order valence-electron chi connectivity index (χ0n) is 10.5. The Balaban J connectivity index is 2.01. The van der Waals surface area contributed by atoms with Gasteiger partial charge in [-0.3, -0.25) is 16.0 Å². The monoisotopic (exact) mass is 272 g/mol. The lowest BCUT2D eigenvalue weighted by molar-refractivity contribution is 0.421. The summed E-state index contributed by atoms with van der Waals surface area (Å²) >= 11 is 0. The molecule has 6 nitrogen and oxygen atoms in total. The molecular weight excluding hydrogens is 252 g/mol. The van der Waals surface area contributed by atoms with Gasteiger partial charge in [0.2, 0.25) is 0 Å². The Hall–Kier alpha value is -0.920. The summed E-state index contributed by atoms with van der Waals surface area (Å²) < 4.78 is 24.7. The maximum Gasteiger partial charge on any atom is 0.150 e. The van der Waals surface area contributed by atoms with E-state index in [1.807, 2.05) is 17.8 Å². The second-order valence-electron chi connectivity index (χ2n) is 4.85. The standard InChI is InChI=1S/C11H20N4O2S/c1-2-15-7-10(6-13-15)11(14-12)5-9-3-4-18(16,17)8-9/h6-7,9,11,14H,2-5,8,12H2,1H3. The van der Waals surface area contributed by atoms with Crippen LogP contribution in [-0.2, 0) is 16.4 Å². The molecule has 0 aliphatic carbocycles. The first-order valence-corrected chi connectivity index (χ1v) is 8.05. The van der Waals surface area contributed by atoms with Crippen molar-refractivity contribution in [2.75, 3.05) is 11.5 Å². The van der Waals surface area contributed by atoms with Crippen LogP contribution in [0.3, 0.4) is 0 Å². The number of hydrazine groups is 1. The number of sulfone groups is 1. The molecule has 2 atom stereocenters. The summed E-state index contributed by atoms with van der Waals surface area (Å²) in [4.78, 5) is 0. The Morgan fingerprint density at radius 1 is 1.67 bits per heavy atom. The molecule has 102 valence electrons. The molecule has 1 aliphatic heterocycles. The van der Waals surface area contributed by atoms with Crippen molar-refractivity contribution in [3.05, 3.63) is 18.0 Å². The van der Waals surface area contributed by atoms with Crippen LogP contribution in [0.25, 0.3) is 0 Å². The van der Waals surface area contributed by atoms with E-state index >= 15 is 0 Å². The third kappa shape index (κ3) is 3.09. The second-order valence-corrected chi connectivity index (χ2v) is 7.08. The number of aryl methyl sites for hydroxylation is 1. The average molecular weight is 272 g/mol. The molecule has 0 aromatic carbocycles. The van der Waals surface area contributed by atoms with Crippen LogP contribution in [0.4, 0.5) is 0 Å². The van der Waals surface area contributed by atoms with Crippen LogP contribution in [-0.4, -0.2) is 29.7 Å². The summed E-state index contributed by atoms with van der Waals surface area (Å²) in [6.07, 6.45) is 5.22. The Labute approximate surface area is 107 Å². The van der Waals surface area contributed by atoms with E-state index in [2.05, 4.69) is 10.5 Å². The number of rotatable bonds is 5. The Kier molecular flexibility index (Phi) is 4.04. The smallest absolute Gasteiger partial charge is 0.150 e. The predicted molar refractivity (Wildman–Crippen MR) is 69.3 cm³/mol. The van der Waals surface area contributed by atoms with E-state index < -0.39 is 9.84 Å². The van der Waals surface area contributed by atoms with Gasteiger partial charge in [0.1, 0.15) is 0 Å². The molecule has 0 amide bonds. The molecule has 0 radical (unpaired) electrons. The fourth-order valence-corrected chi connectivity index (χ4v) is 4.30. The van der Waals surface area contributed by atoms with Crippen LogP contribution in [0, 0.1) is 5.92 Å². The highest BCUT2D eigenvalue weighted by molar-refractivity contribution is 7.91. The molecular formula is C11H20N4O2S. The molecule has 1 aromatic rings. The van der Waals surface area contributed by atoms with Crippen molar-refractivity contribution in [2.24, 2.45) is 11.8 Å². The SMILES string of the molecule is CCn1cc(C(CC2CCS(=O)(=O)C2)NN)cn1. The molecule has 1 fully saturated rings. The Morgan fingerprint density at radius 2 is 2.44 bits per heavy atom. The highest BCUT2D eigenvalue weighted by Crippen LogP contribution is 2.28. The van der Waals surface area contributed by atoms with Gasteiger partial charge < -0.3 is 0 Å². The first kappa shape index (κ1) is 13.5. The summed E-state index contributed by atoms with van der Waals surface area (Å²) in [5.74, 6) is 6.35. The van der Waals surface area contributed by atoms with Gasteiger partial charge in [-0.25, -0.2) is 8.42 Å². The van der Waals surface area contributed by atoms with E-state index in [-0.39, 0.29) is 17.7 Å². The number of nitrogens with two attached hydrogens (primary N) is 1. The van der Waals surface area contributed by atoms with E-state index in [4.69, 9.17) is 5.84 Å². The quantitative estimate of drug-likeness (QED) is 0.591. The summed E-state index contributed by atoms with van der Waals surface area (Å²) in [7, 11) is -2.82. The van der Waals surface area contributed by atoms with Crippen molar-refractivity contribution in [2.45, 2.75) is 32.4 Å². The number of hydrogen-bond acceptors (Lipinski definition) is 5. The lowest BCUT2D eigenvalue weighted by atomic mass is 9.96. The van der Waals surface area contributed by atoms with Crippen molar-refractivity contribution in [1.82, 2.24) is 15.2 Å². The maximum absolute atomic E-state index is 11.4. The van der Waals surface area contributed by atoms with Crippen molar-refractivity contribution in [3.63, 3.8) is 0 Å². The van der Waals surface area contributed by atoms with Crippen LogP contribution in [0.1, 0.15) is 31.4 Å². The number of hydrogen-bond donors (Lipinski definition) is 2. The van der Waals surface area contributed by atoms with Crippen LogP contribution in [0.15, 0.2) is 12.4 Å². The van der Waals surface area contributed by atoms with Gasteiger partial charge >= 0.3 is 0 Å². The van der Waals surface area contributed by atoms with Crippen molar-refractivity contribution in [1.29, 1.82) is 0 Å². The Bertz CT molecular complexity index is 497. The fraction of sp³-hybridized carbons (Fsp3) is 0.727. The molecule has 1 aliphatic rings. The van der Waals surface area contributed by atoms with Gasteiger partial charge in [0.15, 0.2) is 9.84 Å². The van der Waals surface area contributed by atoms with Crippen LogP contribution >= 0.6 is 0 Å². The molecule has 2 unspecified atom stereocenters. The molecule has 0 saturated carbocycles. The molecule has 1 saturated heterocycles. The summed E-state index contributed by atoms with van der Waals surface area (Å²) in [6, 6.07) is -0.0244. The lowest BCUT2D eigenvalue weighted by Gasteiger charge is -2.17. The topological polar surface area (TPSA) is 90.0 Å². The minimum absolute atomic E-state index is 0.0244. The third-order valence-electron chi connectivity index (χ3n) is 3.48. The van der Waals surface area contributed by atoms with Gasteiger partial charge in [0.25, 0.3) is 0 Å². The van der Waals surface area contributed by atoms with E-state index in [9.17, 15) is 8.42 Å². The molecule has 2 rings (SSSR count). The molecule has 0 bridgehead atoms. The predicted octanol–water partition coefficient (Wildman–Crippen LogP) is 0.232. The molecule has 7 heteroatoms. The van der Waals surface area contributed by atoms with Gasteiger partial charge in [-0.1, -0.05) is 0 Å². The van der Waals surface area contributed by atoms with E-state index in [0.29, 0.717) is 5.75 Å². The van der Waals surface area contributed by atoms with Gasteiger partial charge in [0.05, 0.1) is 17.7 Å². The average Bonchev–Trinajstić information content (AvgIpc) is 2.92. The lowest BCUT2D eigenvalue weighted by Crippen LogP contribution is -2.29. The largest absolute Gasteiger partial charge is 0.273 e. The summed E-state index contributed by atoms with van der Waals surface area (Å²) in [5, 5.41) is 4.21. The van der Waals surface area contributed by atoms with Gasteiger partial charge in [-0.2, -0.15) is 5.10 Å². The first-order valence-electron chi connectivity index (χ1n) is 6.23. The minimum Gasteiger partial charge on any atom is -0.273 e. The van der Waals surface area contributed by atoms with Crippen molar-refractivity contribution in [3.8, 4) is 0 Å². The molecule has 3 N–H and O–H groups in total. The fourth-order valence-electron chi connectivity index (χ4n) is 2.42. The van der Waals surface area contributed by atoms with Crippen LogP contribution in [0.5, 0.6) is 0 Å². The zero-order valence-corrected chi connectivity index (χ0v) is 11.4. The summed E-state index contributed by atoms with van der Waals surface area (Å²) in [5.41, 5.74) is 3.78. The van der Waals surface area contributed by atoms with E-state index in [0.717, 1.165) is 24.9 Å². The maximum atomic E-state index is 11.4. The van der Waals surface area contributed by atoms with Crippen molar-refractivity contribution < 1.29 is 8.42 Å². The van der Waals surface area contributed by atoms with Crippen molar-refractivity contribution >= 4 is 9.84 Å². The third-order valence-corrected chi connectivity index (χ3v) is 5.31. The normalized spacial score (nSPS) is 24.2. The minimum atomic E-state index is -2.82. The highest BCUT2D eigenvalue weighted by Gasteiger charge is 2.30. The molecule has 18 heavy (non-hydrogen) atoms. The Morgan fingerprint density at radius 3 is 2.94 bits per heavy atom. The van der Waals surface area contributed by atoms with Gasteiger partial charge in [0, 0.05) is 24.3 Å². The first-order chi connectivity index (χ1) is 8.54. The number of aromatic nitrogens is 2.